The first-order valence-corrected chi connectivity index (χ1v) is 5.72. The largest absolute Gasteiger partial charge is 0.330 e. The summed E-state index contributed by atoms with van der Waals surface area (Å²) in [7, 11) is 0. The SMILES string of the molecule is CCCN(CCC(C)CN)C1CC1. The fraction of sp³-hybridized carbons (Fsp3) is 1.00. The van der Waals surface area contributed by atoms with Gasteiger partial charge in [-0.15, -0.1) is 0 Å². The zero-order valence-electron chi connectivity index (χ0n) is 9.13. The predicted octanol–water partition coefficient (Wildman–Crippen LogP) is 1.85. The summed E-state index contributed by atoms with van der Waals surface area (Å²) in [4.78, 5) is 2.65. The molecule has 1 aliphatic rings. The second kappa shape index (κ2) is 5.61. The predicted molar refractivity (Wildman–Crippen MR) is 57.7 cm³/mol. The van der Waals surface area contributed by atoms with Crippen LogP contribution < -0.4 is 5.73 Å². The van der Waals surface area contributed by atoms with E-state index in [1.54, 1.807) is 0 Å². The number of rotatable bonds is 7. The molecule has 13 heavy (non-hydrogen) atoms. The Labute approximate surface area is 82.5 Å². The third-order valence-corrected chi connectivity index (χ3v) is 2.89. The summed E-state index contributed by atoms with van der Waals surface area (Å²) in [5, 5.41) is 0. The van der Waals surface area contributed by atoms with E-state index in [0.717, 1.165) is 12.6 Å². The number of hydrogen-bond acceptors (Lipinski definition) is 2. The van der Waals surface area contributed by atoms with Crippen molar-refractivity contribution in [3.8, 4) is 0 Å². The molecule has 1 rings (SSSR count). The average Bonchev–Trinajstić information content (AvgIpc) is 2.94. The molecule has 0 spiro atoms. The molecule has 2 N–H and O–H groups in total. The Kier molecular flexibility index (Phi) is 4.74. The highest BCUT2D eigenvalue weighted by molar-refractivity contribution is 4.84. The first kappa shape index (κ1) is 11.0. The number of nitrogens with zero attached hydrogens (tertiary/aromatic N) is 1. The Hall–Kier alpha value is -0.0800. The fourth-order valence-electron chi connectivity index (χ4n) is 1.71. The van der Waals surface area contributed by atoms with Crippen molar-refractivity contribution in [1.29, 1.82) is 0 Å². The van der Waals surface area contributed by atoms with E-state index in [2.05, 4.69) is 18.7 Å². The quantitative estimate of drug-likeness (QED) is 0.654. The third kappa shape index (κ3) is 4.10. The highest BCUT2D eigenvalue weighted by Crippen LogP contribution is 2.27. The Morgan fingerprint density at radius 3 is 2.54 bits per heavy atom. The Morgan fingerprint density at radius 2 is 2.08 bits per heavy atom. The van der Waals surface area contributed by atoms with Gasteiger partial charge in [-0.2, -0.15) is 0 Å². The summed E-state index contributed by atoms with van der Waals surface area (Å²) in [6.07, 6.45) is 5.41. The van der Waals surface area contributed by atoms with Crippen LogP contribution in [0.2, 0.25) is 0 Å². The van der Waals surface area contributed by atoms with E-state index in [-0.39, 0.29) is 0 Å². The van der Waals surface area contributed by atoms with Crippen molar-refractivity contribution < 1.29 is 0 Å². The van der Waals surface area contributed by atoms with Crippen molar-refractivity contribution in [2.45, 2.75) is 45.6 Å². The molecule has 1 unspecified atom stereocenters. The van der Waals surface area contributed by atoms with E-state index in [4.69, 9.17) is 5.73 Å². The van der Waals surface area contributed by atoms with Crippen LogP contribution in [0.1, 0.15) is 39.5 Å². The van der Waals surface area contributed by atoms with Crippen LogP contribution >= 0.6 is 0 Å². The average molecular weight is 184 g/mol. The van der Waals surface area contributed by atoms with Gasteiger partial charge in [-0.05, 0) is 51.2 Å². The smallest absolute Gasteiger partial charge is 0.00964 e. The summed E-state index contributed by atoms with van der Waals surface area (Å²) in [6.45, 7) is 7.89. The van der Waals surface area contributed by atoms with Gasteiger partial charge >= 0.3 is 0 Å². The van der Waals surface area contributed by atoms with Crippen LogP contribution in [0.15, 0.2) is 0 Å². The van der Waals surface area contributed by atoms with Crippen molar-refractivity contribution in [3.63, 3.8) is 0 Å². The maximum Gasteiger partial charge on any atom is 0.00964 e. The van der Waals surface area contributed by atoms with Crippen LogP contribution in [0.4, 0.5) is 0 Å². The Balaban J connectivity index is 2.14. The lowest BCUT2D eigenvalue weighted by molar-refractivity contribution is 0.246. The minimum Gasteiger partial charge on any atom is -0.330 e. The van der Waals surface area contributed by atoms with Crippen molar-refractivity contribution in [1.82, 2.24) is 4.90 Å². The molecule has 0 heterocycles. The minimum atomic E-state index is 0.693. The van der Waals surface area contributed by atoms with Crippen LogP contribution in [-0.4, -0.2) is 30.6 Å². The normalized spacial score (nSPS) is 19.4. The minimum absolute atomic E-state index is 0.693. The topological polar surface area (TPSA) is 29.3 Å². The highest BCUT2D eigenvalue weighted by atomic mass is 15.2. The summed E-state index contributed by atoms with van der Waals surface area (Å²) >= 11 is 0. The molecular formula is C11H24N2. The van der Waals surface area contributed by atoms with Gasteiger partial charge in [0.05, 0.1) is 0 Å². The molecule has 0 bridgehead atoms. The summed E-state index contributed by atoms with van der Waals surface area (Å²) in [6, 6.07) is 0.921. The maximum absolute atomic E-state index is 5.61. The molecule has 78 valence electrons. The summed E-state index contributed by atoms with van der Waals surface area (Å²) in [5.74, 6) is 0.693. The van der Waals surface area contributed by atoms with E-state index in [1.165, 1.54) is 38.8 Å². The molecule has 1 fully saturated rings. The van der Waals surface area contributed by atoms with Gasteiger partial charge in [0.15, 0.2) is 0 Å². The van der Waals surface area contributed by atoms with Crippen molar-refractivity contribution in [3.05, 3.63) is 0 Å². The standard InChI is InChI=1S/C11H24N2/c1-3-7-13(11-4-5-11)8-6-10(2)9-12/h10-11H,3-9,12H2,1-2H3. The number of nitrogens with two attached hydrogens (primary N) is 1. The van der Waals surface area contributed by atoms with Gasteiger partial charge in [0.1, 0.15) is 0 Å². The molecule has 2 heteroatoms. The van der Waals surface area contributed by atoms with E-state index >= 15 is 0 Å². The fourth-order valence-corrected chi connectivity index (χ4v) is 1.71. The Bertz CT molecular complexity index is 132. The monoisotopic (exact) mass is 184 g/mol. The summed E-state index contributed by atoms with van der Waals surface area (Å²) < 4.78 is 0. The molecule has 0 saturated heterocycles. The van der Waals surface area contributed by atoms with Gasteiger partial charge < -0.3 is 10.6 Å². The van der Waals surface area contributed by atoms with Gasteiger partial charge in [0.25, 0.3) is 0 Å². The van der Waals surface area contributed by atoms with E-state index in [0.29, 0.717) is 5.92 Å². The second-order valence-corrected chi connectivity index (χ2v) is 4.40. The maximum atomic E-state index is 5.61. The van der Waals surface area contributed by atoms with Crippen LogP contribution in [-0.2, 0) is 0 Å². The van der Waals surface area contributed by atoms with Crippen molar-refractivity contribution >= 4 is 0 Å². The summed E-state index contributed by atoms with van der Waals surface area (Å²) in [5.41, 5.74) is 5.61. The molecule has 0 aromatic carbocycles. The van der Waals surface area contributed by atoms with Crippen LogP contribution in [0.25, 0.3) is 0 Å². The van der Waals surface area contributed by atoms with Gasteiger partial charge in [0, 0.05) is 6.04 Å². The zero-order valence-corrected chi connectivity index (χ0v) is 9.13. The van der Waals surface area contributed by atoms with E-state index < -0.39 is 0 Å². The first-order valence-electron chi connectivity index (χ1n) is 5.72. The third-order valence-electron chi connectivity index (χ3n) is 2.89. The zero-order chi connectivity index (χ0) is 9.68. The molecular weight excluding hydrogens is 160 g/mol. The molecule has 2 nitrogen and oxygen atoms in total. The van der Waals surface area contributed by atoms with E-state index in [1.807, 2.05) is 0 Å². The van der Waals surface area contributed by atoms with Crippen LogP contribution in [0.3, 0.4) is 0 Å². The van der Waals surface area contributed by atoms with Crippen molar-refractivity contribution in [2.24, 2.45) is 11.7 Å². The van der Waals surface area contributed by atoms with Gasteiger partial charge in [-0.3, -0.25) is 0 Å². The molecule has 1 aliphatic carbocycles. The highest BCUT2D eigenvalue weighted by Gasteiger charge is 2.27. The van der Waals surface area contributed by atoms with E-state index in [9.17, 15) is 0 Å². The first-order chi connectivity index (χ1) is 6.27. The molecule has 0 aliphatic heterocycles. The van der Waals surface area contributed by atoms with Gasteiger partial charge in [-0.25, -0.2) is 0 Å². The second-order valence-electron chi connectivity index (χ2n) is 4.40. The van der Waals surface area contributed by atoms with Crippen LogP contribution in [0.5, 0.6) is 0 Å². The molecule has 1 atom stereocenters. The van der Waals surface area contributed by atoms with Gasteiger partial charge in [0.2, 0.25) is 0 Å². The van der Waals surface area contributed by atoms with Gasteiger partial charge in [-0.1, -0.05) is 13.8 Å². The number of hydrogen-bond donors (Lipinski definition) is 1. The molecule has 0 aromatic rings. The van der Waals surface area contributed by atoms with Crippen molar-refractivity contribution in [2.75, 3.05) is 19.6 Å². The molecule has 0 radical (unpaired) electrons. The lowest BCUT2D eigenvalue weighted by Crippen LogP contribution is -2.30. The van der Waals surface area contributed by atoms with Crippen LogP contribution in [0, 0.1) is 5.92 Å². The molecule has 1 saturated carbocycles. The molecule has 0 aromatic heterocycles. The lowest BCUT2D eigenvalue weighted by Gasteiger charge is -2.22. The Morgan fingerprint density at radius 1 is 1.38 bits per heavy atom. The lowest BCUT2D eigenvalue weighted by atomic mass is 10.1. The molecule has 0 amide bonds.